The smallest absolute Gasteiger partial charge is 0.266 e. The van der Waals surface area contributed by atoms with Crippen LogP contribution in [0.3, 0.4) is 0 Å². The van der Waals surface area contributed by atoms with Gasteiger partial charge in [0.2, 0.25) is 0 Å². The van der Waals surface area contributed by atoms with Crippen LogP contribution >= 0.6 is 11.3 Å². The Morgan fingerprint density at radius 3 is 3.00 bits per heavy atom. The second-order valence-electron chi connectivity index (χ2n) is 3.40. The molecule has 3 N–H and O–H groups in total. The van der Waals surface area contributed by atoms with E-state index in [0.717, 1.165) is 0 Å². The minimum absolute atomic E-state index is 0.0611. The normalized spacial score (nSPS) is 21.5. The van der Waals surface area contributed by atoms with Crippen LogP contribution in [0.1, 0.15) is 16.1 Å². The first kappa shape index (κ1) is 9.48. The van der Waals surface area contributed by atoms with Crippen molar-refractivity contribution in [3.8, 4) is 0 Å². The summed E-state index contributed by atoms with van der Waals surface area (Å²) in [6.07, 6.45) is 0.289. The molecule has 14 heavy (non-hydrogen) atoms. The number of thiophene rings is 1. The van der Waals surface area contributed by atoms with E-state index in [4.69, 9.17) is 5.73 Å². The van der Waals surface area contributed by atoms with E-state index in [-0.39, 0.29) is 12.0 Å². The number of carbonyl (C=O) groups excluding carboxylic acids is 1. The van der Waals surface area contributed by atoms with Gasteiger partial charge in [-0.2, -0.15) is 0 Å². The minimum Gasteiger partial charge on any atom is -0.397 e. The third-order valence-corrected chi connectivity index (χ3v) is 3.26. The topological polar surface area (TPSA) is 66.6 Å². The van der Waals surface area contributed by atoms with Gasteiger partial charge in [0.05, 0.1) is 11.8 Å². The first-order chi connectivity index (χ1) is 6.68. The minimum atomic E-state index is -0.375. The van der Waals surface area contributed by atoms with Gasteiger partial charge in [-0.3, -0.25) is 4.79 Å². The number of hydrogen-bond acceptors (Lipinski definition) is 4. The summed E-state index contributed by atoms with van der Waals surface area (Å²) in [5.74, 6) is -0.0611. The third-order valence-electron chi connectivity index (χ3n) is 2.34. The largest absolute Gasteiger partial charge is 0.397 e. The molecular weight excluding hydrogens is 200 g/mol. The number of amides is 1. The van der Waals surface area contributed by atoms with Crippen molar-refractivity contribution in [3.05, 3.63) is 16.3 Å². The van der Waals surface area contributed by atoms with Gasteiger partial charge in [0, 0.05) is 13.1 Å². The summed E-state index contributed by atoms with van der Waals surface area (Å²) in [5, 5.41) is 11.1. The summed E-state index contributed by atoms with van der Waals surface area (Å²) in [6.45, 7) is 1.05. The van der Waals surface area contributed by atoms with Crippen LogP contribution in [0.25, 0.3) is 0 Å². The highest BCUT2D eigenvalue weighted by molar-refractivity contribution is 7.12. The molecule has 1 aliphatic rings. The molecule has 1 unspecified atom stereocenters. The van der Waals surface area contributed by atoms with Gasteiger partial charge in [0.25, 0.3) is 5.91 Å². The lowest BCUT2D eigenvalue weighted by atomic mass is 10.3. The van der Waals surface area contributed by atoms with E-state index in [2.05, 4.69) is 0 Å². The average Bonchev–Trinajstić information content (AvgIpc) is 2.73. The molecule has 1 amide bonds. The Bertz CT molecular complexity index is 350. The molecule has 0 spiro atoms. The molecule has 0 aliphatic carbocycles. The third kappa shape index (κ3) is 1.60. The standard InChI is InChI=1S/C9H12N2O2S/c10-7-2-4-14-8(7)9(13)11-3-1-6(12)5-11/h2,4,6,12H,1,3,5,10H2. The monoisotopic (exact) mass is 212 g/mol. The van der Waals surface area contributed by atoms with Gasteiger partial charge in [-0.25, -0.2) is 0 Å². The number of nitrogens with two attached hydrogens (primary N) is 1. The van der Waals surface area contributed by atoms with Gasteiger partial charge in [0.15, 0.2) is 0 Å². The number of likely N-dealkylation sites (tertiary alicyclic amines) is 1. The van der Waals surface area contributed by atoms with Crippen LogP contribution in [0.4, 0.5) is 5.69 Å². The lowest BCUT2D eigenvalue weighted by Crippen LogP contribution is -2.29. The number of anilines is 1. The van der Waals surface area contributed by atoms with Crippen LogP contribution in [-0.4, -0.2) is 35.1 Å². The van der Waals surface area contributed by atoms with Crippen molar-refractivity contribution < 1.29 is 9.90 Å². The molecule has 1 aromatic rings. The van der Waals surface area contributed by atoms with E-state index in [9.17, 15) is 9.90 Å². The maximum Gasteiger partial charge on any atom is 0.266 e. The Morgan fingerprint density at radius 2 is 2.50 bits per heavy atom. The van der Waals surface area contributed by atoms with E-state index in [0.29, 0.717) is 30.1 Å². The number of aliphatic hydroxyl groups excluding tert-OH is 1. The lowest BCUT2D eigenvalue weighted by Gasteiger charge is -2.14. The van der Waals surface area contributed by atoms with Gasteiger partial charge >= 0.3 is 0 Å². The predicted molar refractivity (Wildman–Crippen MR) is 55.3 cm³/mol. The summed E-state index contributed by atoms with van der Waals surface area (Å²) < 4.78 is 0. The van der Waals surface area contributed by atoms with Crippen molar-refractivity contribution in [2.45, 2.75) is 12.5 Å². The number of hydrogen-bond donors (Lipinski definition) is 2. The van der Waals surface area contributed by atoms with Crippen molar-refractivity contribution in [2.24, 2.45) is 0 Å². The molecule has 0 radical (unpaired) electrons. The van der Waals surface area contributed by atoms with Gasteiger partial charge in [-0.1, -0.05) is 0 Å². The SMILES string of the molecule is Nc1ccsc1C(=O)N1CCC(O)C1. The number of nitrogens with zero attached hydrogens (tertiary/aromatic N) is 1. The summed E-state index contributed by atoms with van der Waals surface area (Å²) >= 11 is 1.35. The predicted octanol–water partition coefficient (Wildman–Crippen LogP) is 0.537. The molecule has 4 nitrogen and oxygen atoms in total. The van der Waals surface area contributed by atoms with Crippen molar-refractivity contribution in [3.63, 3.8) is 0 Å². The number of rotatable bonds is 1. The van der Waals surface area contributed by atoms with Gasteiger partial charge in [-0.15, -0.1) is 11.3 Å². The van der Waals surface area contributed by atoms with Gasteiger partial charge < -0.3 is 15.7 Å². The molecule has 2 heterocycles. The van der Waals surface area contributed by atoms with Gasteiger partial charge in [0.1, 0.15) is 4.88 Å². The van der Waals surface area contributed by atoms with Crippen LogP contribution in [0.5, 0.6) is 0 Å². The summed E-state index contributed by atoms with van der Waals surface area (Å²) in [4.78, 5) is 14.0. The first-order valence-electron chi connectivity index (χ1n) is 4.49. The highest BCUT2D eigenvalue weighted by atomic mass is 32.1. The molecule has 76 valence electrons. The molecule has 5 heteroatoms. The van der Waals surface area contributed by atoms with Crippen LogP contribution in [0.15, 0.2) is 11.4 Å². The Labute approximate surface area is 85.9 Å². The fourth-order valence-electron chi connectivity index (χ4n) is 1.56. The van der Waals surface area contributed by atoms with Crippen LogP contribution < -0.4 is 5.73 Å². The van der Waals surface area contributed by atoms with Crippen molar-refractivity contribution in [2.75, 3.05) is 18.8 Å². The summed E-state index contributed by atoms with van der Waals surface area (Å²) in [6, 6.07) is 1.73. The fourth-order valence-corrected chi connectivity index (χ4v) is 2.35. The second kappa shape index (κ2) is 3.59. The molecule has 2 rings (SSSR count). The summed E-state index contributed by atoms with van der Waals surface area (Å²) in [7, 11) is 0. The maximum absolute atomic E-state index is 11.8. The van der Waals surface area contributed by atoms with Crippen molar-refractivity contribution >= 4 is 22.9 Å². The van der Waals surface area contributed by atoms with Crippen LogP contribution in [0.2, 0.25) is 0 Å². The molecule has 1 fully saturated rings. The number of carbonyl (C=O) groups is 1. The molecule has 0 aromatic carbocycles. The lowest BCUT2D eigenvalue weighted by molar-refractivity contribution is 0.0770. The van der Waals surface area contributed by atoms with Gasteiger partial charge in [-0.05, 0) is 17.9 Å². The van der Waals surface area contributed by atoms with Crippen LogP contribution in [0, 0.1) is 0 Å². The first-order valence-corrected chi connectivity index (χ1v) is 5.37. The Kier molecular flexibility index (Phi) is 2.43. The van der Waals surface area contributed by atoms with Crippen LogP contribution in [-0.2, 0) is 0 Å². The van der Waals surface area contributed by atoms with Crippen molar-refractivity contribution in [1.29, 1.82) is 0 Å². The van der Waals surface area contributed by atoms with E-state index >= 15 is 0 Å². The zero-order chi connectivity index (χ0) is 10.1. The molecule has 0 saturated carbocycles. The van der Waals surface area contributed by atoms with Crippen molar-refractivity contribution in [1.82, 2.24) is 4.90 Å². The molecule has 0 bridgehead atoms. The average molecular weight is 212 g/mol. The number of nitrogen functional groups attached to an aromatic ring is 1. The second-order valence-corrected chi connectivity index (χ2v) is 4.31. The maximum atomic E-state index is 11.8. The highest BCUT2D eigenvalue weighted by Crippen LogP contribution is 2.22. The van der Waals surface area contributed by atoms with E-state index in [1.54, 1.807) is 16.3 Å². The number of β-amino-alcohol motifs (C(OH)–C–C–N with tert-alkyl or cyclic N) is 1. The zero-order valence-corrected chi connectivity index (χ0v) is 8.46. The molecule has 1 atom stereocenters. The Morgan fingerprint density at radius 1 is 1.71 bits per heavy atom. The highest BCUT2D eigenvalue weighted by Gasteiger charge is 2.26. The van der Waals surface area contributed by atoms with E-state index < -0.39 is 0 Å². The van der Waals surface area contributed by atoms with E-state index in [1.807, 2.05) is 0 Å². The Hall–Kier alpha value is -1.07. The Balaban J connectivity index is 2.13. The quantitative estimate of drug-likeness (QED) is 0.714. The summed E-state index contributed by atoms with van der Waals surface area (Å²) in [5.41, 5.74) is 6.17. The fraction of sp³-hybridized carbons (Fsp3) is 0.444. The number of aliphatic hydroxyl groups is 1. The van der Waals surface area contributed by atoms with E-state index in [1.165, 1.54) is 11.3 Å². The molecular formula is C9H12N2O2S. The molecule has 1 saturated heterocycles. The molecule has 1 aromatic heterocycles. The molecule has 1 aliphatic heterocycles. The zero-order valence-electron chi connectivity index (χ0n) is 7.64.